The van der Waals surface area contributed by atoms with Crippen LogP contribution in [-0.4, -0.2) is 33.9 Å². The van der Waals surface area contributed by atoms with Gasteiger partial charge in [0.15, 0.2) is 0 Å². The molecule has 6 nitrogen and oxygen atoms in total. The van der Waals surface area contributed by atoms with Crippen LogP contribution in [0.3, 0.4) is 0 Å². The summed E-state index contributed by atoms with van der Waals surface area (Å²) in [6.07, 6.45) is 5.64. The fourth-order valence-corrected chi connectivity index (χ4v) is 4.95. The molecule has 32 heavy (non-hydrogen) atoms. The molecule has 3 N–H and O–H groups in total. The Labute approximate surface area is 189 Å². The van der Waals surface area contributed by atoms with E-state index < -0.39 is 5.41 Å². The van der Waals surface area contributed by atoms with E-state index in [9.17, 15) is 4.79 Å². The molecular weight excluding hydrogens is 398 g/mol. The Morgan fingerprint density at radius 2 is 2.06 bits per heavy atom. The van der Waals surface area contributed by atoms with Gasteiger partial charge in [-0.1, -0.05) is 36.4 Å². The van der Waals surface area contributed by atoms with E-state index in [1.165, 1.54) is 11.1 Å². The number of aromatic amines is 1. The van der Waals surface area contributed by atoms with E-state index >= 15 is 0 Å². The number of nitrogens with two attached hydrogens (primary N) is 1. The number of primary amides is 1. The van der Waals surface area contributed by atoms with Crippen LogP contribution in [0, 0.1) is 29.6 Å². The number of H-pyrrole nitrogens is 1. The Morgan fingerprint density at radius 3 is 2.72 bits per heavy atom. The highest BCUT2D eigenvalue weighted by Crippen LogP contribution is 2.42. The summed E-state index contributed by atoms with van der Waals surface area (Å²) >= 11 is 0. The summed E-state index contributed by atoms with van der Waals surface area (Å²) in [6, 6.07) is 18.1. The molecule has 1 fully saturated rings. The smallest absolute Gasteiger partial charge is 0.224 e. The van der Waals surface area contributed by atoms with Crippen molar-refractivity contribution in [1.29, 1.82) is 5.26 Å². The summed E-state index contributed by atoms with van der Waals surface area (Å²) in [4.78, 5) is 22.7. The van der Waals surface area contributed by atoms with Crippen molar-refractivity contribution in [3.63, 3.8) is 0 Å². The van der Waals surface area contributed by atoms with Crippen molar-refractivity contribution in [3.05, 3.63) is 89.0 Å². The summed E-state index contributed by atoms with van der Waals surface area (Å²) in [5, 5.41) is 9.13. The minimum atomic E-state index is -0.621. The Balaban J connectivity index is 1.65. The summed E-state index contributed by atoms with van der Waals surface area (Å²) in [5.74, 6) is -0.162. The summed E-state index contributed by atoms with van der Waals surface area (Å²) in [7, 11) is 0. The Kier molecular flexibility index (Phi) is 6.38. The topological polar surface area (TPSA) is 98.8 Å². The van der Waals surface area contributed by atoms with E-state index in [0.29, 0.717) is 18.4 Å². The predicted molar refractivity (Wildman–Crippen MR) is 123 cm³/mol. The van der Waals surface area contributed by atoms with E-state index in [-0.39, 0.29) is 11.8 Å². The number of amides is 1. The van der Waals surface area contributed by atoms with E-state index in [2.05, 4.69) is 40.0 Å². The third-order valence-corrected chi connectivity index (χ3v) is 6.91. The number of nitrogens with one attached hydrogen (secondary N) is 1. The summed E-state index contributed by atoms with van der Waals surface area (Å²) in [5.41, 5.74) is 10.7. The van der Waals surface area contributed by atoms with E-state index in [0.717, 1.165) is 37.3 Å². The zero-order chi connectivity index (χ0) is 22.6. The molecule has 1 aliphatic rings. The normalized spacial score (nSPS) is 21.2. The molecule has 6 heteroatoms. The number of benzene rings is 2. The lowest BCUT2D eigenvalue weighted by molar-refractivity contribution is -0.135. The lowest BCUT2D eigenvalue weighted by Crippen LogP contribution is -2.55. The Bertz CT molecular complexity index is 1100. The first kappa shape index (κ1) is 21.8. The maximum Gasteiger partial charge on any atom is 0.224 e. The van der Waals surface area contributed by atoms with E-state index in [1.807, 2.05) is 42.6 Å². The van der Waals surface area contributed by atoms with Gasteiger partial charge in [0.25, 0.3) is 0 Å². The molecule has 0 spiro atoms. The van der Waals surface area contributed by atoms with Crippen molar-refractivity contribution >= 4 is 5.91 Å². The molecule has 0 radical (unpaired) electrons. The first-order valence-corrected chi connectivity index (χ1v) is 11.0. The predicted octanol–water partition coefficient (Wildman–Crippen LogP) is 3.37. The number of aryl methyl sites for hydroxylation is 1. The Morgan fingerprint density at radius 1 is 1.28 bits per heavy atom. The number of hydrogen-bond donors (Lipinski definition) is 2. The van der Waals surface area contributed by atoms with Crippen molar-refractivity contribution in [1.82, 2.24) is 14.9 Å². The molecule has 0 aliphatic carbocycles. The van der Waals surface area contributed by atoms with Crippen molar-refractivity contribution < 1.29 is 4.79 Å². The molecule has 2 aromatic carbocycles. The first-order valence-electron chi connectivity index (χ1n) is 11.0. The van der Waals surface area contributed by atoms with Gasteiger partial charge in [-0.25, -0.2) is 4.98 Å². The highest BCUT2D eigenvalue weighted by atomic mass is 16.1. The van der Waals surface area contributed by atoms with Gasteiger partial charge in [-0.05, 0) is 67.5 Å². The minimum Gasteiger partial charge on any atom is -0.369 e. The molecule has 1 saturated heterocycles. The molecule has 2 heterocycles. The largest absolute Gasteiger partial charge is 0.369 e. The van der Waals surface area contributed by atoms with Crippen LogP contribution in [0.5, 0.6) is 0 Å². The summed E-state index contributed by atoms with van der Waals surface area (Å²) in [6.45, 7) is 4.43. The zero-order valence-corrected chi connectivity index (χ0v) is 18.4. The van der Waals surface area contributed by atoms with Crippen LogP contribution >= 0.6 is 0 Å². The lowest BCUT2D eigenvalue weighted by atomic mass is 9.64. The number of nitrogens with zero attached hydrogens (tertiary/aromatic N) is 3. The van der Waals surface area contributed by atoms with Gasteiger partial charge in [0.05, 0.1) is 23.4 Å². The number of piperidine rings is 1. The van der Waals surface area contributed by atoms with Gasteiger partial charge in [0.1, 0.15) is 0 Å². The zero-order valence-electron chi connectivity index (χ0n) is 18.4. The van der Waals surface area contributed by atoms with Gasteiger partial charge in [0.2, 0.25) is 5.91 Å². The quantitative estimate of drug-likeness (QED) is 0.604. The molecule has 1 aliphatic heterocycles. The number of rotatable bonds is 7. The molecule has 2 atom stereocenters. The van der Waals surface area contributed by atoms with Gasteiger partial charge < -0.3 is 10.7 Å². The van der Waals surface area contributed by atoms with Crippen LogP contribution in [0.25, 0.3) is 0 Å². The molecular formula is C26H29N5O. The lowest BCUT2D eigenvalue weighted by Gasteiger charge is -2.46. The van der Waals surface area contributed by atoms with Gasteiger partial charge >= 0.3 is 0 Å². The highest BCUT2D eigenvalue weighted by Gasteiger charge is 2.47. The van der Waals surface area contributed by atoms with Crippen LogP contribution in [-0.2, 0) is 24.2 Å². The second kappa shape index (κ2) is 9.37. The van der Waals surface area contributed by atoms with Crippen molar-refractivity contribution in [2.45, 2.75) is 32.7 Å². The van der Waals surface area contributed by atoms with Crippen molar-refractivity contribution in [2.24, 2.45) is 17.1 Å². The second-order valence-electron chi connectivity index (χ2n) is 8.90. The third-order valence-electron chi connectivity index (χ3n) is 6.91. The number of carbonyl (C=O) groups excluding carboxylic acids is 1. The number of hydrogen-bond acceptors (Lipinski definition) is 4. The van der Waals surface area contributed by atoms with E-state index in [4.69, 9.17) is 11.0 Å². The molecule has 0 saturated carbocycles. The molecule has 3 aromatic rings. The Hall–Kier alpha value is -3.43. The van der Waals surface area contributed by atoms with Crippen LogP contribution in [0.2, 0.25) is 0 Å². The fourth-order valence-electron chi connectivity index (χ4n) is 4.95. The first-order chi connectivity index (χ1) is 15.5. The second-order valence-corrected chi connectivity index (χ2v) is 8.90. The van der Waals surface area contributed by atoms with Crippen molar-refractivity contribution in [3.8, 4) is 6.07 Å². The van der Waals surface area contributed by atoms with Crippen LogP contribution in [0.4, 0.5) is 0 Å². The minimum absolute atomic E-state index is 0.0595. The van der Waals surface area contributed by atoms with Gasteiger partial charge in [0, 0.05) is 25.0 Å². The summed E-state index contributed by atoms with van der Waals surface area (Å²) < 4.78 is 0. The standard InChI is InChI=1S/C26H29N5O/c1-19-4-2-3-5-22(19)13-26(25(28)32)10-11-31(17-24-15-29-18-30-24)16-23(26)12-20-6-8-21(14-27)9-7-20/h2-9,15,18,23H,10-13,16-17H2,1H3,(H2,28,32)(H,29,30). The van der Waals surface area contributed by atoms with Gasteiger partial charge in [-0.2, -0.15) is 5.26 Å². The average Bonchev–Trinajstić information content (AvgIpc) is 3.30. The number of likely N-dealkylation sites (tertiary alicyclic amines) is 1. The fraction of sp³-hybridized carbons (Fsp3) is 0.346. The molecule has 4 rings (SSSR count). The maximum absolute atomic E-state index is 13.1. The molecule has 2 unspecified atom stereocenters. The van der Waals surface area contributed by atoms with Crippen LogP contribution in [0.15, 0.2) is 61.1 Å². The van der Waals surface area contributed by atoms with Crippen molar-refractivity contribution in [2.75, 3.05) is 13.1 Å². The maximum atomic E-state index is 13.1. The average molecular weight is 428 g/mol. The molecule has 0 bridgehead atoms. The number of carbonyl (C=O) groups is 1. The van der Waals surface area contributed by atoms with Gasteiger partial charge in [-0.15, -0.1) is 0 Å². The molecule has 1 amide bonds. The monoisotopic (exact) mass is 427 g/mol. The van der Waals surface area contributed by atoms with Gasteiger partial charge in [-0.3, -0.25) is 9.69 Å². The SMILES string of the molecule is Cc1ccccc1CC1(C(N)=O)CCN(Cc2cnc[nH]2)CC1Cc1ccc(C#N)cc1. The molecule has 1 aromatic heterocycles. The molecule has 164 valence electrons. The van der Waals surface area contributed by atoms with Crippen LogP contribution < -0.4 is 5.73 Å². The number of nitriles is 1. The third kappa shape index (κ3) is 4.58. The number of imidazole rings is 1. The van der Waals surface area contributed by atoms with E-state index in [1.54, 1.807) is 6.33 Å². The number of aromatic nitrogens is 2. The van der Waals surface area contributed by atoms with Crippen LogP contribution in [0.1, 0.15) is 34.4 Å². The highest BCUT2D eigenvalue weighted by molar-refractivity contribution is 5.82.